The molecule has 1 aromatic heterocycles. The van der Waals surface area contributed by atoms with Gasteiger partial charge in [-0.05, 0) is 42.7 Å². The van der Waals surface area contributed by atoms with Crippen LogP contribution in [0.5, 0.6) is 6.08 Å². The van der Waals surface area contributed by atoms with Gasteiger partial charge in [-0.3, -0.25) is 4.79 Å². The van der Waals surface area contributed by atoms with Gasteiger partial charge in [-0.15, -0.1) is 5.10 Å². The Balaban J connectivity index is 1.40. The molecule has 6 nitrogen and oxygen atoms in total. The maximum atomic E-state index is 12.7. The van der Waals surface area contributed by atoms with E-state index in [2.05, 4.69) is 10.2 Å². The van der Waals surface area contributed by atoms with E-state index in [-0.39, 0.29) is 24.6 Å². The SMILES string of the molecule is O=C(COc1nnc(-c2ccccc2)o1)N1CCC[C@H]1c1ccc(Cl)c(Cl)c1. The Morgan fingerprint density at radius 3 is 2.75 bits per heavy atom. The van der Waals surface area contributed by atoms with E-state index < -0.39 is 0 Å². The first-order valence-corrected chi connectivity index (χ1v) is 9.63. The summed E-state index contributed by atoms with van der Waals surface area (Å²) < 4.78 is 10.9. The summed E-state index contributed by atoms with van der Waals surface area (Å²) in [6, 6.07) is 14.8. The molecule has 3 aromatic rings. The van der Waals surface area contributed by atoms with Crippen molar-refractivity contribution in [3.63, 3.8) is 0 Å². The van der Waals surface area contributed by atoms with Crippen molar-refractivity contribution in [2.24, 2.45) is 0 Å². The highest BCUT2D eigenvalue weighted by molar-refractivity contribution is 6.42. The fraction of sp³-hybridized carbons (Fsp3) is 0.250. The molecule has 1 aliphatic heterocycles. The number of amides is 1. The van der Waals surface area contributed by atoms with Crippen molar-refractivity contribution in [3.05, 3.63) is 64.1 Å². The van der Waals surface area contributed by atoms with E-state index in [9.17, 15) is 4.79 Å². The highest BCUT2D eigenvalue weighted by atomic mass is 35.5. The Bertz CT molecular complexity index is 978. The quantitative estimate of drug-likeness (QED) is 0.596. The highest BCUT2D eigenvalue weighted by Crippen LogP contribution is 2.35. The Labute approximate surface area is 172 Å². The van der Waals surface area contributed by atoms with Crippen molar-refractivity contribution in [1.82, 2.24) is 15.1 Å². The Morgan fingerprint density at radius 1 is 1.14 bits per heavy atom. The predicted molar refractivity (Wildman–Crippen MR) is 105 cm³/mol. The van der Waals surface area contributed by atoms with Crippen LogP contribution < -0.4 is 4.74 Å². The molecule has 2 aromatic carbocycles. The van der Waals surface area contributed by atoms with E-state index in [4.69, 9.17) is 32.4 Å². The number of hydrogen-bond donors (Lipinski definition) is 0. The van der Waals surface area contributed by atoms with Crippen LogP contribution in [-0.4, -0.2) is 34.2 Å². The van der Waals surface area contributed by atoms with Gasteiger partial charge in [0.1, 0.15) is 0 Å². The molecule has 0 aliphatic carbocycles. The van der Waals surface area contributed by atoms with Gasteiger partial charge in [-0.25, -0.2) is 0 Å². The number of likely N-dealkylation sites (tertiary alicyclic amines) is 1. The monoisotopic (exact) mass is 417 g/mol. The van der Waals surface area contributed by atoms with Crippen LogP contribution in [0.15, 0.2) is 52.9 Å². The van der Waals surface area contributed by atoms with Crippen LogP contribution >= 0.6 is 23.2 Å². The third-order valence-electron chi connectivity index (χ3n) is 4.65. The molecule has 144 valence electrons. The molecule has 0 bridgehead atoms. The summed E-state index contributed by atoms with van der Waals surface area (Å²) >= 11 is 12.1. The van der Waals surface area contributed by atoms with Crippen LogP contribution in [0.25, 0.3) is 11.5 Å². The van der Waals surface area contributed by atoms with E-state index in [0.717, 1.165) is 24.0 Å². The fourth-order valence-electron chi connectivity index (χ4n) is 3.30. The fourth-order valence-corrected chi connectivity index (χ4v) is 3.61. The first kappa shape index (κ1) is 18.8. The molecule has 0 unspecified atom stereocenters. The molecule has 1 saturated heterocycles. The average molecular weight is 418 g/mol. The largest absolute Gasteiger partial charge is 0.439 e. The lowest BCUT2D eigenvalue weighted by atomic mass is 10.0. The lowest BCUT2D eigenvalue weighted by Gasteiger charge is -2.25. The number of hydrogen-bond acceptors (Lipinski definition) is 5. The van der Waals surface area contributed by atoms with Crippen LogP contribution in [0.3, 0.4) is 0 Å². The zero-order valence-corrected chi connectivity index (χ0v) is 16.4. The normalized spacial score (nSPS) is 16.4. The maximum absolute atomic E-state index is 12.7. The molecule has 1 atom stereocenters. The molecule has 8 heteroatoms. The van der Waals surface area contributed by atoms with Crippen LogP contribution in [0.2, 0.25) is 10.0 Å². The second-order valence-corrected chi connectivity index (χ2v) is 7.26. The number of rotatable bonds is 5. The molecule has 0 radical (unpaired) electrons. The number of halogens is 2. The van der Waals surface area contributed by atoms with E-state index in [1.807, 2.05) is 42.5 Å². The van der Waals surface area contributed by atoms with Crippen molar-refractivity contribution >= 4 is 29.1 Å². The van der Waals surface area contributed by atoms with Gasteiger partial charge in [0.15, 0.2) is 6.61 Å². The number of carbonyl (C=O) groups excluding carboxylic acids is 1. The Hall–Kier alpha value is -2.57. The van der Waals surface area contributed by atoms with Crippen LogP contribution in [0, 0.1) is 0 Å². The topological polar surface area (TPSA) is 68.5 Å². The van der Waals surface area contributed by atoms with Crippen molar-refractivity contribution in [2.45, 2.75) is 18.9 Å². The minimum absolute atomic E-state index is 0.0301. The maximum Gasteiger partial charge on any atom is 0.415 e. The molecule has 1 fully saturated rings. The Kier molecular flexibility index (Phi) is 5.50. The molecule has 2 heterocycles. The second-order valence-electron chi connectivity index (χ2n) is 6.45. The molecule has 4 rings (SSSR count). The van der Waals surface area contributed by atoms with Gasteiger partial charge in [0, 0.05) is 12.1 Å². The molecule has 0 saturated carbocycles. The van der Waals surface area contributed by atoms with E-state index in [0.29, 0.717) is 22.5 Å². The molecular weight excluding hydrogens is 401 g/mol. The number of nitrogens with zero attached hydrogens (tertiary/aromatic N) is 3. The van der Waals surface area contributed by atoms with Crippen molar-refractivity contribution in [2.75, 3.05) is 13.2 Å². The summed E-state index contributed by atoms with van der Waals surface area (Å²) in [6.45, 7) is 0.487. The van der Waals surface area contributed by atoms with Crippen molar-refractivity contribution < 1.29 is 13.9 Å². The summed E-state index contributed by atoms with van der Waals surface area (Å²) in [4.78, 5) is 14.5. The first-order valence-electron chi connectivity index (χ1n) is 8.88. The first-order chi connectivity index (χ1) is 13.6. The summed E-state index contributed by atoms with van der Waals surface area (Å²) in [5.74, 6) is 0.200. The van der Waals surface area contributed by atoms with Crippen LogP contribution in [0.1, 0.15) is 24.4 Å². The molecule has 0 N–H and O–H groups in total. The van der Waals surface area contributed by atoms with Gasteiger partial charge in [0.2, 0.25) is 0 Å². The molecule has 0 spiro atoms. The standard InChI is InChI=1S/C20H17Cl2N3O3/c21-15-9-8-14(11-16(15)22)17-7-4-10-25(17)18(26)12-27-20-24-23-19(28-20)13-5-2-1-3-6-13/h1-3,5-6,8-9,11,17H,4,7,10,12H2/t17-/m0/s1. The lowest BCUT2D eigenvalue weighted by Crippen LogP contribution is -2.34. The number of carbonyl (C=O) groups is 1. The van der Waals surface area contributed by atoms with E-state index in [1.165, 1.54) is 0 Å². The number of benzene rings is 2. The lowest BCUT2D eigenvalue weighted by molar-refractivity contribution is -0.134. The van der Waals surface area contributed by atoms with Crippen molar-refractivity contribution in [1.29, 1.82) is 0 Å². The van der Waals surface area contributed by atoms with Gasteiger partial charge in [-0.1, -0.05) is 52.6 Å². The van der Waals surface area contributed by atoms with Crippen LogP contribution in [-0.2, 0) is 4.79 Å². The zero-order chi connectivity index (χ0) is 19.5. The number of aromatic nitrogens is 2. The van der Waals surface area contributed by atoms with Crippen LogP contribution in [0.4, 0.5) is 0 Å². The average Bonchev–Trinajstić information content (AvgIpc) is 3.39. The number of ether oxygens (including phenoxy) is 1. The molecule has 1 aliphatic rings. The molecule has 28 heavy (non-hydrogen) atoms. The summed E-state index contributed by atoms with van der Waals surface area (Å²) in [6.07, 6.45) is 1.75. The summed E-state index contributed by atoms with van der Waals surface area (Å²) in [7, 11) is 0. The summed E-state index contributed by atoms with van der Waals surface area (Å²) in [5, 5.41) is 8.77. The van der Waals surface area contributed by atoms with Gasteiger partial charge >= 0.3 is 6.08 Å². The van der Waals surface area contributed by atoms with E-state index >= 15 is 0 Å². The smallest absolute Gasteiger partial charge is 0.415 e. The minimum Gasteiger partial charge on any atom is -0.439 e. The third kappa shape index (κ3) is 3.98. The van der Waals surface area contributed by atoms with Gasteiger partial charge < -0.3 is 14.1 Å². The van der Waals surface area contributed by atoms with Crippen molar-refractivity contribution in [3.8, 4) is 17.5 Å². The third-order valence-corrected chi connectivity index (χ3v) is 5.39. The minimum atomic E-state index is -0.172. The molecule has 1 amide bonds. The van der Waals surface area contributed by atoms with Gasteiger partial charge in [-0.2, -0.15) is 0 Å². The van der Waals surface area contributed by atoms with Gasteiger partial charge in [0.25, 0.3) is 11.8 Å². The highest BCUT2D eigenvalue weighted by Gasteiger charge is 2.30. The van der Waals surface area contributed by atoms with E-state index in [1.54, 1.807) is 11.0 Å². The van der Waals surface area contributed by atoms with Gasteiger partial charge in [0.05, 0.1) is 16.1 Å². The molecular formula is C20H17Cl2N3O3. The Morgan fingerprint density at radius 2 is 1.96 bits per heavy atom. The predicted octanol–water partition coefficient (Wildman–Crippen LogP) is 4.79. The summed E-state index contributed by atoms with van der Waals surface area (Å²) in [5.41, 5.74) is 1.75. The second kappa shape index (κ2) is 8.20. The zero-order valence-electron chi connectivity index (χ0n) is 14.8.